The molecule has 1 rings (SSSR count). The molecule has 2 nitrogen and oxygen atoms in total. The quantitative estimate of drug-likeness (QED) is 0.513. The van der Waals surface area contributed by atoms with Crippen molar-refractivity contribution in [3.05, 3.63) is 34.3 Å². The number of benzene rings is 1. The first-order valence-electron chi connectivity index (χ1n) is 5.62. The highest BCUT2D eigenvalue weighted by molar-refractivity contribution is 9.10. The van der Waals surface area contributed by atoms with Crippen molar-refractivity contribution in [2.45, 2.75) is 25.9 Å². The molecule has 0 aliphatic heterocycles. The predicted octanol–water partition coefficient (Wildman–Crippen LogP) is 4.10. The summed E-state index contributed by atoms with van der Waals surface area (Å²) in [7, 11) is 0. The number of carbonyl (C=O) groups excluding carboxylic acids is 1. The zero-order chi connectivity index (χ0) is 12.5. The van der Waals surface area contributed by atoms with Gasteiger partial charge in [-0.2, -0.15) is 0 Å². The van der Waals surface area contributed by atoms with Crippen LogP contribution in [0.15, 0.2) is 28.7 Å². The van der Waals surface area contributed by atoms with Crippen LogP contribution in [0.3, 0.4) is 0 Å². The number of hydrogen-bond acceptors (Lipinski definition) is 2. The van der Waals surface area contributed by atoms with Crippen LogP contribution in [0.25, 0.3) is 0 Å². The monoisotopic (exact) mass is 362 g/mol. The van der Waals surface area contributed by atoms with Crippen molar-refractivity contribution in [3.63, 3.8) is 0 Å². The molecule has 4 heteroatoms. The Kier molecular flexibility index (Phi) is 7.73. The lowest BCUT2D eigenvalue weighted by Gasteiger charge is -2.04. The van der Waals surface area contributed by atoms with E-state index in [0.29, 0.717) is 25.0 Å². The number of ketones is 1. The fraction of sp³-hybridized carbons (Fsp3) is 0.462. The second kappa shape index (κ2) is 8.84. The molecule has 0 aromatic heterocycles. The van der Waals surface area contributed by atoms with Crippen LogP contribution in [0, 0.1) is 0 Å². The van der Waals surface area contributed by atoms with Gasteiger partial charge in [-0.25, -0.2) is 0 Å². The second-order valence-corrected chi connectivity index (χ2v) is 5.29. The first-order chi connectivity index (χ1) is 8.22. The second-order valence-electron chi connectivity index (χ2n) is 3.81. The van der Waals surface area contributed by atoms with Crippen molar-refractivity contribution < 1.29 is 9.53 Å². The Balaban J connectivity index is 2.06. The van der Waals surface area contributed by atoms with Gasteiger partial charge in [0.15, 0.2) is 0 Å². The van der Waals surface area contributed by atoms with Crippen LogP contribution >= 0.6 is 31.9 Å². The topological polar surface area (TPSA) is 26.3 Å². The van der Waals surface area contributed by atoms with Crippen molar-refractivity contribution >= 4 is 37.6 Å². The van der Waals surface area contributed by atoms with Crippen LogP contribution < -0.4 is 0 Å². The zero-order valence-corrected chi connectivity index (χ0v) is 12.8. The molecule has 0 aliphatic carbocycles. The average Bonchev–Trinajstić information content (AvgIpc) is 2.33. The molecule has 0 radical (unpaired) electrons. The van der Waals surface area contributed by atoms with E-state index in [0.717, 1.165) is 22.9 Å². The summed E-state index contributed by atoms with van der Waals surface area (Å²) in [5, 5.41) is 0.464. The molecule has 0 unspecified atom stereocenters. The normalized spacial score (nSPS) is 10.5. The van der Waals surface area contributed by atoms with Crippen LogP contribution in [0.4, 0.5) is 0 Å². The zero-order valence-electron chi connectivity index (χ0n) is 9.62. The summed E-state index contributed by atoms with van der Waals surface area (Å²) in [4.78, 5) is 11.0. The third-order valence-corrected chi connectivity index (χ3v) is 3.42. The summed E-state index contributed by atoms with van der Waals surface area (Å²) in [6.07, 6.45) is 2.49. The summed E-state index contributed by atoms with van der Waals surface area (Å²) in [5.74, 6) is 0.261. The lowest BCUT2D eigenvalue weighted by molar-refractivity contribution is -0.116. The molecule has 0 saturated carbocycles. The van der Waals surface area contributed by atoms with Gasteiger partial charge in [-0.3, -0.25) is 4.79 Å². The predicted molar refractivity (Wildman–Crippen MR) is 76.5 cm³/mol. The number of unbranched alkanes of at least 4 members (excludes halogenated alkanes) is 1. The highest BCUT2D eigenvalue weighted by Gasteiger charge is 1.99. The number of hydrogen-bond donors (Lipinski definition) is 0. The van der Waals surface area contributed by atoms with E-state index in [1.165, 1.54) is 0 Å². The maximum Gasteiger partial charge on any atom is 0.143 e. The summed E-state index contributed by atoms with van der Waals surface area (Å²) < 4.78 is 6.62. The molecule has 0 aliphatic rings. The van der Waals surface area contributed by atoms with Gasteiger partial charge in [0.2, 0.25) is 0 Å². The van der Waals surface area contributed by atoms with Gasteiger partial charge in [-0.05, 0) is 30.5 Å². The third kappa shape index (κ3) is 6.96. The molecule has 94 valence electrons. The van der Waals surface area contributed by atoms with Gasteiger partial charge in [0.25, 0.3) is 0 Å². The lowest BCUT2D eigenvalue weighted by Crippen LogP contribution is -2.00. The highest BCUT2D eigenvalue weighted by Crippen LogP contribution is 2.12. The summed E-state index contributed by atoms with van der Waals surface area (Å²) >= 11 is 6.57. The van der Waals surface area contributed by atoms with Crippen LogP contribution in [0.1, 0.15) is 24.8 Å². The van der Waals surface area contributed by atoms with Gasteiger partial charge in [0, 0.05) is 17.5 Å². The number of ether oxygens (including phenoxy) is 1. The van der Waals surface area contributed by atoms with Gasteiger partial charge < -0.3 is 4.74 Å². The van der Waals surface area contributed by atoms with Crippen molar-refractivity contribution in [2.75, 3.05) is 11.9 Å². The van der Waals surface area contributed by atoms with E-state index < -0.39 is 0 Å². The number of rotatable bonds is 8. The number of Topliss-reactive ketones (excluding diaryl/α,β-unsaturated/α-hetero) is 1. The molecule has 0 heterocycles. The lowest BCUT2D eigenvalue weighted by atomic mass is 10.2. The van der Waals surface area contributed by atoms with Gasteiger partial charge in [-0.15, -0.1) is 0 Å². The molecule has 0 fully saturated rings. The third-order valence-electron chi connectivity index (χ3n) is 2.30. The Morgan fingerprint density at radius 2 is 2.12 bits per heavy atom. The molecular formula is C13H16Br2O2. The Morgan fingerprint density at radius 1 is 1.29 bits per heavy atom. The fourth-order valence-corrected chi connectivity index (χ4v) is 2.14. The smallest absolute Gasteiger partial charge is 0.143 e. The van der Waals surface area contributed by atoms with Crippen molar-refractivity contribution in [1.82, 2.24) is 0 Å². The van der Waals surface area contributed by atoms with Crippen molar-refractivity contribution in [3.8, 4) is 0 Å². The minimum atomic E-state index is 0.261. The van der Waals surface area contributed by atoms with E-state index in [1.54, 1.807) is 0 Å². The average molecular weight is 364 g/mol. The van der Waals surface area contributed by atoms with Crippen LogP contribution in [0.2, 0.25) is 0 Å². The Labute approximate surface area is 119 Å². The van der Waals surface area contributed by atoms with Gasteiger partial charge in [-0.1, -0.05) is 44.0 Å². The van der Waals surface area contributed by atoms with E-state index in [4.69, 9.17) is 4.74 Å². The standard InChI is InChI=1S/C13H16Br2O2/c14-9-13(16)6-1-2-7-17-10-11-4-3-5-12(15)8-11/h3-5,8H,1-2,6-7,9-10H2. The number of halogens is 2. The molecule has 1 aromatic carbocycles. The molecule has 0 atom stereocenters. The van der Waals surface area contributed by atoms with Gasteiger partial charge in [0.1, 0.15) is 5.78 Å². The molecular weight excluding hydrogens is 348 g/mol. The first-order valence-corrected chi connectivity index (χ1v) is 7.53. The van der Waals surface area contributed by atoms with E-state index in [2.05, 4.69) is 31.9 Å². The largest absolute Gasteiger partial charge is 0.377 e. The molecule has 1 aromatic rings. The van der Waals surface area contributed by atoms with Gasteiger partial charge >= 0.3 is 0 Å². The van der Waals surface area contributed by atoms with Gasteiger partial charge in [0.05, 0.1) is 11.9 Å². The van der Waals surface area contributed by atoms with Crippen LogP contribution in [-0.2, 0) is 16.1 Å². The molecule has 0 bridgehead atoms. The Bertz CT molecular complexity index is 353. The molecule has 17 heavy (non-hydrogen) atoms. The van der Waals surface area contributed by atoms with E-state index >= 15 is 0 Å². The summed E-state index contributed by atoms with van der Waals surface area (Å²) in [6, 6.07) is 8.08. The van der Waals surface area contributed by atoms with Crippen molar-refractivity contribution in [1.29, 1.82) is 0 Å². The van der Waals surface area contributed by atoms with E-state index in [1.807, 2.05) is 24.3 Å². The van der Waals surface area contributed by atoms with E-state index in [9.17, 15) is 4.79 Å². The molecule has 0 amide bonds. The Hall–Kier alpha value is -0.190. The maximum atomic E-state index is 11.0. The first kappa shape index (κ1) is 14.9. The van der Waals surface area contributed by atoms with E-state index in [-0.39, 0.29) is 5.78 Å². The minimum absolute atomic E-state index is 0.261. The van der Waals surface area contributed by atoms with Crippen LogP contribution in [-0.4, -0.2) is 17.7 Å². The number of carbonyl (C=O) groups is 1. The van der Waals surface area contributed by atoms with Crippen molar-refractivity contribution in [2.24, 2.45) is 0 Å². The molecule has 0 saturated heterocycles. The minimum Gasteiger partial charge on any atom is -0.377 e. The maximum absolute atomic E-state index is 11.0. The number of alkyl halides is 1. The molecule has 0 N–H and O–H groups in total. The summed E-state index contributed by atoms with van der Waals surface area (Å²) in [5.41, 5.74) is 1.16. The van der Waals surface area contributed by atoms with Crippen LogP contribution in [0.5, 0.6) is 0 Å². The fourth-order valence-electron chi connectivity index (χ4n) is 1.41. The molecule has 0 spiro atoms. The highest BCUT2D eigenvalue weighted by atomic mass is 79.9. The Morgan fingerprint density at radius 3 is 2.82 bits per heavy atom. The SMILES string of the molecule is O=C(CBr)CCCCOCc1cccc(Br)c1. The summed E-state index contributed by atoms with van der Waals surface area (Å²) in [6.45, 7) is 1.34.